The van der Waals surface area contributed by atoms with Gasteiger partial charge in [-0.15, -0.1) is 0 Å². The molecule has 6 rings (SSSR count). The highest BCUT2D eigenvalue weighted by molar-refractivity contribution is 6.02. The Bertz CT molecular complexity index is 2340. The summed E-state index contributed by atoms with van der Waals surface area (Å²) < 4.78 is 5.84. The van der Waals surface area contributed by atoms with Crippen molar-refractivity contribution in [2.45, 2.75) is 45.4 Å². The number of aromatic hydroxyl groups is 8. The Morgan fingerprint density at radius 1 is 0.804 bits per heavy atom. The quantitative estimate of drug-likeness (QED) is 0.0625. The van der Waals surface area contributed by atoms with Crippen molar-refractivity contribution in [3.05, 3.63) is 116 Å². The van der Waals surface area contributed by atoms with Gasteiger partial charge in [-0.25, -0.2) is 0 Å². The minimum atomic E-state index is -1.10. The number of ketones is 1. The zero-order valence-corrected chi connectivity index (χ0v) is 27.9. The van der Waals surface area contributed by atoms with E-state index >= 15 is 0 Å². The van der Waals surface area contributed by atoms with Crippen LogP contribution >= 0.6 is 0 Å². The van der Waals surface area contributed by atoms with Crippen LogP contribution in [-0.2, 0) is 6.42 Å². The molecule has 0 radical (unpaired) electrons. The van der Waals surface area contributed by atoms with E-state index in [9.17, 15) is 50.4 Å². The molecule has 1 aliphatic carbocycles. The van der Waals surface area contributed by atoms with Gasteiger partial charge in [0.15, 0.2) is 11.2 Å². The highest BCUT2D eigenvalue weighted by Crippen LogP contribution is 2.52. The number of phenols is 8. The van der Waals surface area contributed by atoms with Crippen LogP contribution in [0.4, 0.5) is 0 Å². The van der Waals surface area contributed by atoms with E-state index in [2.05, 4.69) is 0 Å². The largest absolute Gasteiger partial charge is 0.508 e. The molecule has 1 aliphatic rings. The van der Waals surface area contributed by atoms with Crippen LogP contribution in [0.25, 0.3) is 22.3 Å². The van der Waals surface area contributed by atoms with E-state index in [1.54, 1.807) is 19.1 Å². The molecule has 0 bridgehead atoms. The molecule has 262 valence electrons. The maximum atomic E-state index is 14.6. The summed E-state index contributed by atoms with van der Waals surface area (Å²) in [6, 6.07) is 12.6. The molecule has 3 atom stereocenters. The van der Waals surface area contributed by atoms with Crippen molar-refractivity contribution in [1.82, 2.24) is 0 Å². The van der Waals surface area contributed by atoms with Gasteiger partial charge >= 0.3 is 0 Å². The van der Waals surface area contributed by atoms with Crippen LogP contribution in [0.2, 0.25) is 0 Å². The summed E-state index contributed by atoms with van der Waals surface area (Å²) >= 11 is 0. The molecule has 8 N–H and O–H groups in total. The molecule has 1 aromatic heterocycles. The van der Waals surface area contributed by atoms with Crippen molar-refractivity contribution in [2.24, 2.45) is 5.92 Å². The number of Topliss-reactive ketones (excluding diaryl/α,β-unsaturated/α-hetero) is 1. The van der Waals surface area contributed by atoms with Crippen LogP contribution < -0.4 is 5.43 Å². The Hall–Kier alpha value is -6.36. The summed E-state index contributed by atoms with van der Waals surface area (Å²) in [5, 5.41) is 85.5. The van der Waals surface area contributed by atoms with E-state index in [1.807, 2.05) is 13.8 Å². The molecular formula is C40H36O11. The second kappa shape index (κ2) is 13.2. The minimum absolute atomic E-state index is 0.0123. The van der Waals surface area contributed by atoms with Gasteiger partial charge in [0.1, 0.15) is 62.7 Å². The Balaban J connectivity index is 1.53. The van der Waals surface area contributed by atoms with Gasteiger partial charge in [-0.3, -0.25) is 9.59 Å². The summed E-state index contributed by atoms with van der Waals surface area (Å²) in [4.78, 5) is 28.1. The highest BCUT2D eigenvalue weighted by Gasteiger charge is 2.41. The van der Waals surface area contributed by atoms with E-state index in [4.69, 9.17) is 4.42 Å². The second-order valence-electron chi connectivity index (χ2n) is 13.1. The monoisotopic (exact) mass is 692 g/mol. The molecule has 1 heterocycles. The number of carbonyl (C=O) groups is 1. The van der Waals surface area contributed by atoms with E-state index in [0.29, 0.717) is 11.1 Å². The van der Waals surface area contributed by atoms with Gasteiger partial charge in [0.25, 0.3) is 0 Å². The smallest absolute Gasteiger partial charge is 0.197 e. The lowest BCUT2D eigenvalue weighted by Crippen LogP contribution is -2.28. The number of rotatable bonds is 7. The van der Waals surface area contributed by atoms with Crippen molar-refractivity contribution in [3.8, 4) is 57.3 Å². The Morgan fingerprint density at radius 3 is 2.16 bits per heavy atom. The first-order valence-corrected chi connectivity index (χ1v) is 16.1. The number of phenolic OH excluding ortho intramolecular Hbond substituents is 8. The molecule has 3 unspecified atom stereocenters. The van der Waals surface area contributed by atoms with Crippen molar-refractivity contribution in [2.75, 3.05) is 0 Å². The predicted molar refractivity (Wildman–Crippen MR) is 189 cm³/mol. The molecule has 0 amide bonds. The van der Waals surface area contributed by atoms with E-state index < -0.39 is 46.2 Å². The summed E-state index contributed by atoms with van der Waals surface area (Å²) in [5.41, 5.74) is 1.00. The molecule has 11 heteroatoms. The van der Waals surface area contributed by atoms with Gasteiger partial charge < -0.3 is 45.3 Å². The lowest BCUT2D eigenvalue weighted by Gasteiger charge is -2.35. The number of fused-ring (bicyclic) bond motifs is 1. The fourth-order valence-corrected chi connectivity index (χ4v) is 6.88. The van der Waals surface area contributed by atoms with Gasteiger partial charge in [0.2, 0.25) is 0 Å². The van der Waals surface area contributed by atoms with Crippen LogP contribution in [-0.4, -0.2) is 46.6 Å². The van der Waals surface area contributed by atoms with Crippen LogP contribution in [0.15, 0.2) is 93.2 Å². The van der Waals surface area contributed by atoms with Crippen molar-refractivity contribution < 1.29 is 50.1 Å². The average Bonchev–Trinajstić information content (AvgIpc) is 3.04. The number of allylic oxidation sites excluding steroid dienone is 4. The zero-order chi connectivity index (χ0) is 36.9. The van der Waals surface area contributed by atoms with E-state index in [1.165, 1.54) is 42.5 Å². The first kappa shape index (κ1) is 34.5. The van der Waals surface area contributed by atoms with Crippen molar-refractivity contribution in [1.29, 1.82) is 0 Å². The number of benzene rings is 4. The van der Waals surface area contributed by atoms with E-state index in [0.717, 1.165) is 23.8 Å². The summed E-state index contributed by atoms with van der Waals surface area (Å²) in [6.45, 7) is 5.45. The number of hydrogen-bond donors (Lipinski definition) is 8. The van der Waals surface area contributed by atoms with Crippen LogP contribution in [0, 0.1) is 5.92 Å². The molecule has 51 heavy (non-hydrogen) atoms. The van der Waals surface area contributed by atoms with Crippen LogP contribution in [0.5, 0.6) is 46.0 Å². The Labute approximate surface area is 291 Å². The Kier molecular flexibility index (Phi) is 8.90. The normalized spacial score (nSPS) is 17.2. The average molecular weight is 693 g/mol. The molecule has 0 spiro atoms. The molecule has 0 saturated heterocycles. The third kappa shape index (κ3) is 6.29. The molecule has 11 nitrogen and oxygen atoms in total. The summed E-state index contributed by atoms with van der Waals surface area (Å²) in [6.07, 6.45) is 3.59. The minimum Gasteiger partial charge on any atom is -0.508 e. The van der Waals surface area contributed by atoms with Crippen molar-refractivity contribution >= 4 is 16.8 Å². The maximum Gasteiger partial charge on any atom is 0.197 e. The fraction of sp³-hybridized carbons (Fsp3) is 0.200. The standard InChI is InChI=1S/C40H36O11/c1-18(2)4-7-24-29(43)11-10-25(38(24)48)39(49)28-15-26(22-8-5-20(41)13-30(22)44)19(3)12-27(28)36-32(46)17-35-37(40(36)50)33(47)16-34(51-35)23-9-6-21(42)14-31(23)45/h4-6,8-14,16-17,26-28,41-46,48,50H,7,15H2,1-3H3. The zero-order valence-electron chi connectivity index (χ0n) is 27.9. The van der Waals surface area contributed by atoms with Gasteiger partial charge in [0.05, 0.1) is 11.1 Å². The SMILES string of the molecule is CC(C)=CCc1c(O)ccc(C(=O)C2CC(c3ccc(O)cc3O)C(C)=CC2c2c(O)cc3oc(-c4ccc(O)cc4O)cc(=O)c3c2O)c1O. The molecule has 0 saturated carbocycles. The maximum absolute atomic E-state index is 14.6. The molecular weight excluding hydrogens is 656 g/mol. The fourth-order valence-electron chi connectivity index (χ4n) is 6.88. The second-order valence-corrected chi connectivity index (χ2v) is 13.1. The van der Waals surface area contributed by atoms with Gasteiger partial charge in [-0.05, 0) is 63.9 Å². The number of carbonyl (C=O) groups excluding carboxylic acids is 1. The highest BCUT2D eigenvalue weighted by atomic mass is 16.3. The Morgan fingerprint density at radius 2 is 1.49 bits per heavy atom. The topological polar surface area (TPSA) is 209 Å². The number of hydrogen-bond acceptors (Lipinski definition) is 11. The first-order chi connectivity index (χ1) is 24.2. The first-order valence-electron chi connectivity index (χ1n) is 16.1. The molecule has 5 aromatic rings. The predicted octanol–water partition coefficient (Wildman–Crippen LogP) is 7.33. The third-order valence-electron chi connectivity index (χ3n) is 9.47. The third-order valence-corrected chi connectivity index (χ3v) is 9.47. The lowest BCUT2D eigenvalue weighted by atomic mass is 9.67. The van der Waals surface area contributed by atoms with Gasteiger partial charge in [-0.1, -0.05) is 29.4 Å². The van der Waals surface area contributed by atoms with Crippen LogP contribution in [0.3, 0.4) is 0 Å². The summed E-state index contributed by atoms with van der Waals surface area (Å²) in [5.74, 6) is -6.17. The van der Waals surface area contributed by atoms with Gasteiger partial charge in [0, 0.05) is 58.7 Å². The molecule has 4 aromatic carbocycles. The van der Waals surface area contributed by atoms with Crippen LogP contribution in [0.1, 0.15) is 66.1 Å². The lowest BCUT2D eigenvalue weighted by molar-refractivity contribution is 0.0889. The molecule has 0 fully saturated rings. The summed E-state index contributed by atoms with van der Waals surface area (Å²) in [7, 11) is 0. The van der Waals surface area contributed by atoms with Crippen molar-refractivity contribution in [3.63, 3.8) is 0 Å². The van der Waals surface area contributed by atoms with Gasteiger partial charge in [-0.2, -0.15) is 0 Å². The molecule has 0 aliphatic heterocycles. The van der Waals surface area contributed by atoms with E-state index in [-0.39, 0.29) is 80.6 Å².